The van der Waals surface area contributed by atoms with E-state index in [2.05, 4.69) is 20.8 Å². The van der Waals surface area contributed by atoms with E-state index in [0.717, 1.165) is 16.9 Å². The van der Waals surface area contributed by atoms with Crippen molar-refractivity contribution in [3.05, 3.63) is 30.1 Å². The van der Waals surface area contributed by atoms with E-state index in [1.165, 1.54) is 6.33 Å². The van der Waals surface area contributed by atoms with Gasteiger partial charge in [-0.3, -0.25) is 4.79 Å². The van der Waals surface area contributed by atoms with E-state index in [1.54, 1.807) is 14.5 Å². The van der Waals surface area contributed by atoms with Gasteiger partial charge in [-0.15, -0.1) is 5.10 Å². The maximum atomic E-state index is 12.5. The molecule has 2 amide bonds. The maximum absolute atomic E-state index is 12.5. The Bertz CT molecular complexity index is 853. The summed E-state index contributed by atoms with van der Waals surface area (Å²) in [6.45, 7) is 9.61. The number of carbonyl (C=O) groups excluding carboxylic acids is 2. The van der Waals surface area contributed by atoms with Crippen molar-refractivity contribution in [2.24, 2.45) is 0 Å². The molecule has 1 N–H and O–H groups in total. The fraction of sp³-hybridized carbons (Fsp3) is 0.526. The number of ether oxygens (including phenoxy) is 1. The van der Waals surface area contributed by atoms with Gasteiger partial charge in [0.25, 0.3) is 0 Å². The van der Waals surface area contributed by atoms with Crippen molar-refractivity contribution in [3.8, 4) is 5.69 Å². The number of benzene rings is 1. The molecule has 1 aliphatic rings. The van der Waals surface area contributed by atoms with Crippen molar-refractivity contribution in [2.75, 3.05) is 38.0 Å². The largest absolute Gasteiger partial charge is 0.444 e. The zero-order valence-electron chi connectivity index (χ0n) is 17.3. The Kier molecular flexibility index (Phi) is 6.00. The molecule has 2 aromatic rings. The number of tetrazole rings is 1. The van der Waals surface area contributed by atoms with Gasteiger partial charge < -0.3 is 19.9 Å². The van der Waals surface area contributed by atoms with Gasteiger partial charge in [0.2, 0.25) is 5.91 Å². The lowest BCUT2D eigenvalue weighted by molar-refractivity contribution is -0.131. The fourth-order valence-electron chi connectivity index (χ4n) is 3.05. The average molecular weight is 401 g/mol. The second-order valence-electron chi connectivity index (χ2n) is 7.96. The number of anilines is 1. The Morgan fingerprint density at radius 3 is 2.41 bits per heavy atom. The third-order valence-electron chi connectivity index (χ3n) is 4.52. The summed E-state index contributed by atoms with van der Waals surface area (Å²) >= 11 is 0. The van der Waals surface area contributed by atoms with Crippen molar-refractivity contribution >= 4 is 17.7 Å². The minimum absolute atomic E-state index is 0.00366. The number of nitrogens with zero attached hydrogens (tertiary/aromatic N) is 6. The third-order valence-corrected chi connectivity index (χ3v) is 4.52. The molecule has 0 spiro atoms. The van der Waals surface area contributed by atoms with Crippen LogP contribution in [0.5, 0.6) is 0 Å². The van der Waals surface area contributed by atoms with Gasteiger partial charge >= 0.3 is 6.09 Å². The van der Waals surface area contributed by atoms with Crippen molar-refractivity contribution in [3.63, 3.8) is 0 Å². The second kappa shape index (κ2) is 8.46. The number of rotatable bonds is 4. The molecule has 0 bridgehead atoms. The monoisotopic (exact) mass is 401 g/mol. The molecule has 156 valence electrons. The summed E-state index contributed by atoms with van der Waals surface area (Å²) in [4.78, 5) is 28.0. The lowest BCUT2D eigenvalue weighted by Gasteiger charge is -2.35. The number of piperazine rings is 1. The minimum Gasteiger partial charge on any atom is -0.444 e. The van der Waals surface area contributed by atoms with Crippen LogP contribution in [0.2, 0.25) is 0 Å². The molecule has 0 radical (unpaired) electrons. The highest BCUT2D eigenvalue weighted by atomic mass is 16.6. The molecule has 10 nitrogen and oxygen atoms in total. The summed E-state index contributed by atoms with van der Waals surface area (Å²) < 4.78 is 6.97. The molecule has 1 saturated heterocycles. The van der Waals surface area contributed by atoms with E-state index in [1.807, 2.05) is 45.9 Å². The predicted octanol–water partition coefficient (Wildman–Crippen LogP) is 1.46. The molecule has 0 atom stereocenters. The fourth-order valence-corrected chi connectivity index (χ4v) is 3.05. The number of carbonyl (C=O) groups is 2. The zero-order valence-corrected chi connectivity index (χ0v) is 17.3. The van der Waals surface area contributed by atoms with Gasteiger partial charge in [0.1, 0.15) is 11.9 Å². The summed E-state index contributed by atoms with van der Waals surface area (Å²) in [6, 6.07) is 5.74. The summed E-state index contributed by atoms with van der Waals surface area (Å²) in [5.74, 6) is -0.00366. The van der Waals surface area contributed by atoms with Crippen LogP contribution in [0.25, 0.3) is 5.69 Å². The van der Waals surface area contributed by atoms with Crippen molar-refractivity contribution in [2.45, 2.75) is 33.3 Å². The molecule has 1 aliphatic heterocycles. The summed E-state index contributed by atoms with van der Waals surface area (Å²) in [7, 11) is 0. The van der Waals surface area contributed by atoms with Gasteiger partial charge in [0.15, 0.2) is 0 Å². The van der Waals surface area contributed by atoms with E-state index in [4.69, 9.17) is 4.74 Å². The van der Waals surface area contributed by atoms with Gasteiger partial charge in [-0.25, -0.2) is 9.48 Å². The van der Waals surface area contributed by atoms with Crippen LogP contribution in [-0.2, 0) is 9.53 Å². The van der Waals surface area contributed by atoms with E-state index < -0.39 is 5.60 Å². The van der Waals surface area contributed by atoms with Crippen LogP contribution in [0.3, 0.4) is 0 Å². The van der Waals surface area contributed by atoms with Crippen LogP contribution in [0.15, 0.2) is 24.5 Å². The number of amides is 2. The highest BCUT2D eigenvalue weighted by Crippen LogP contribution is 2.18. The first-order chi connectivity index (χ1) is 13.7. The highest BCUT2D eigenvalue weighted by molar-refractivity contribution is 5.81. The van der Waals surface area contributed by atoms with Gasteiger partial charge in [-0.1, -0.05) is 0 Å². The molecule has 1 aromatic heterocycles. The quantitative estimate of drug-likeness (QED) is 0.827. The molecule has 2 heterocycles. The predicted molar refractivity (Wildman–Crippen MR) is 107 cm³/mol. The first-order valence-electron chi connectivity index (χ1n) is 9.56. The number of aromatic nitrogens is 4. The Hall–Kier alpha value is -3.17. The Balaban J connectivity index is 1.48. The minimum atomic E-state index is -0.522. The molecule has 3 rings (SSSR count). The standard InChI is InChI=1S/C19H27N7O3/c1-14-11-15(5-6-16(14)26-13-21-22-23-26)20-12-17(27)24-7-9-25(10-8-24)18(28)29-19(2,3)4/h5-6,11,13,20H,7-10,12H2,1-4H3. The smallest absolute Gasteiger partial charge is 0.410 e. The second-order valence-corrected chi connectivity index (χ2v) is 7.96. The molecule has 10 heteroatoms. The van der Waals surface area contributed by atoms with Crippen molar-refractivity contribution < 1.29 is 14.3 Å². The van der Waals surface area contributed by atoms with Gasteiger partial charge in [-0.05, 0) is 61.9 Å². The average Bonchev–Trinajstić information content (AvgIpc) is 3.19. The molecule has 0 aliphatic carbocycles. The normalized spacial score (nSPS) is 14.6. The molecule has 1 fully saturated rings. The van der Waals surface area contributed by atoms with Crippen LogP contribution in [-0.4, -0.2) is 80.3 Å². The van der Waals surface area contributed by atoms with Crippen LogP contribution >= 0.6 is 0 Å². The molecule has 0 saturated carbocycles. The molecular formula is C19H27N7O3. The first-order valence-corrected chi connectivity index (χ1v) is 9.56. The van der Waals surface area contributed by atoms with Gasteiger partial charge in [0, 0.05) is 31.9 Å². The van der Waals surface area contributed by atoms with Crippen molar-refractivity contribution in [1.82, 2.24) is 30.0 Å². The number of hydrogen-bond donors (Lipinski definition) is 1. The van der Waals surface area contributed by atoms with E-state index in [0.29, 0.717) is 26.2 Å². The van der Waals surface area contributed by atoms with Crippen LogP contribution in [0, 0.1) is 6.92 Å². The van der Waals surface area contributed by atoms with Crippen LogP contribution in [0.1, 0.15) is 26.3 Å². The SMILES string of the molecule is Cc1cc(NCC(=O)N2CCN(C(=O)OC(C)(C)C)CC2)ccc1-n1cnnn1. The third kappa shape index (κ3) is 5.43. The zero-order chi connectivity index (χ0) is 21.0. The van der Waals surface area contributed by atoms with Crippen LogP contribution in [0.4, 0.5) is 10.5 Å². The number of hydrogen-bond acceptors (Lipinski definition) is 7. The van der Waals surface area contributed by atoms with Gasteiger partial charge in [0.05, 0.1) is 12.2 Å². The first kappa shape index (κ1) is 20.6. The van der Waals surface area contributed by atoms with E-state index in [-0.39, 0.29) is 18.5 Å². The van der Waals surface area contributed by atoms with Crippen molar-refractivity contribution in [1.29, 1.82) is 0 Å². The molecule has 1 aromatic carbocycles. The number of aryl methyl sites for hydroxylation is 1. The highest BCUT2D eigenvalue weighted by Gasteiger charge is 2.27. The maximum Gasteiger partial charge on any atom is 0.410 e. The molecule has 0 unspecified atom stereocenters. The lowest BCUT2D eigenvalue weighted by atomic mass is 10.2. The molecule has 29 heavy (non-hydrogen) atoms. The Morgan fingerprint density at radius 1 is 1.14 bits per heavy atom. The summed E-state index contributed by atoms with van der Waals surface area (Å²) in [6.07, 6.45) is 1.21. The Morgan fingerprint density at radius 2 is 1.83 bits per heavy atom. The lowest BCUT2D eigenvalue weighted by Crippen LogP contribution is -2.52. The number of nitrogens with one attached hydrogen (secondary N) is 1. The van der Waals surface area contributed by atoms with E-state index >= 15 is 0 Å². The topological polar surface area (TPSA) is 105 Å². The Labute approximate surface area is 169 Å². The summed E-state index contributed by atoms with van der Waals surface area (Å²) in [5, 5.41) is 14.3. The van der Waals surface area contributed by atoms with E-state index in [9.17, 15) is 9.59 Å². The molecular weight excluding hydrogens is 374 g/mol. The summed E-state index contributed by atoms with van der Waals surface area (Å²) in [5.41, 5.74) is 2.19. The van der Waals surface area contributed by atoms with Crippen LogP contribution < -0.4 is 5.32 Å². The van der Waals surface area contributed by atoms with Gasteiger partial charge in [-0.2, -0.15) is 0 Å².